The third-order valence-corrected chi connectivity index (χ3v) is 6.57. The molecular formula is C24H32FN5O4. The molecule has 0 spiro atoms. The zero-order chi connectivity index (χ0) is 23.9. The second-order valence-corrected chi connectivity index (χ2v) is 8.95. The molecule has 4 rings (SSSR count). The number of ether oxygens (including phenoxy) is 1. The summed E-state index contributed by atoms with van der Waals surface area (Å²) in [7, 11) is 0. The maximum Gasteiger partial charge on any atom is 0.320 e. The Balaban J connectivity index is 1.39. The molecular weight excluding hydrogens is 441 g/mol. The summed E-state index contributed by atoms with van der Waals surface area (Å²) in [5, 5.41) is 6.69. The van der Waals surface area contributed by atoms with Crippen molar-refractivity contribution < 1.29 is 23.2 Å². The summed E-state index contributed by atoms with van der Waals surface area (Å²) in [5.41, 5.74) is 1.04. The lowest BCUT2D eigenvalue weighted by atomic mass is 9.78. The Morgan fingerprint density at radius 1 is 1.18 bits per heavy atom. The molecule has 3 amide bonds. The molecule has 34 heavy (non-hydrogen) atoms. The number of benzene rings is 1. The molecule has 9 nitrogen and oxygen atoms in total. The van der Waals surface area contributed by atoms with Gasteiger partial charge < -0.3 is 24.4 Å². The summed E-state index contributed by atoms with van der Waals surface area (Å²) in [6.07, 6.45) is 2.94. The van der Waals surface area contributed by atoms with Gasteiger partial charge in [0.1, 0.15) is 12.4 Å². The first-order chi connectivity index (χ1) is 16.5. The third-order valence-electron chi connectivity index (χ3n) is 6.57. The van der Waals surface area contributed by atoms with E-state index < -0.39 is 0 Å². The number of urea groups is 1. The smallest absolute Gasteiger partial charge is 0.320 e. The second kappa shape index (κ2) is 11.4. The van der Waals surface area contributed by atoms with Crippen molar-refractivity contribution in [3.05, 3.63) is 47.4 Å². The molecule has 184 valence electrons. The van der Waals surface area contributed by atoms with Crippen LogP contribution < -0.4 is 5.32 Å². The average Bonchev–Trinajstić information content (AvgIpc) is 3.26. The molecule has 2 fully saturated rings. The van der Waals surface area contributed by atoms with Crippen LogP contribution in [0.15, 0.2) is 28.8 Å². The normalized spacial score (nSPS) is 19.5. The van der Waals surface area contributed by atoms with Gasteiger partial charge in [-0.15, -0.1) is 0 Å². The molecule has 2 aliphatic heterocycles. The van der Waals surface area contributed by atoms with E-state index in [-0.39, 0.29) is 30.3 Å². The van der Waals surface area contributed by atoms with Gasteiger partial charge in [0, 0.05) is 45.8 Å². The van der Waals surface area contributed by atoms with E-state index in [1.807, 2.05) is 17.0 Å². The fourth-order valence-corrected chi connectivity index (χ4v) is 4.78. The molecule has 1 aromatic carbocycles. The number of likely N-dealkylation sites (tertiary alicyclic amines) is 1. The zero-order valence-electron chi connectivity index (χ0n) is 19.5. The largest absolute Gasteiger partial charge is 0.372 e. The molecule has 3 heterocycles. The molecule has 1 N–H and O–H groups in total. The summed E-state index contributed by atoms with van der Waals surface area (Å²) in [6, 6.07) is 6.61. The Hall–Kier alpha value is -3.01. The molecule has 2 aliphatic rings. The van der Waals surface area contributed by atoms with Crippen molar-refractivity contribution in [2.75, 3.05) is 45.9 Å². The fraction of sp³-hybridized carbons (Fsp3) is 0.583. The predicted octanol–water partition coefficient (Wildman–Crippen LogP) is 2.51. The molecule has 0 saturated carbocycles. The average molecular weight is 474 g/mol. The topological polar surface area (TPSA) is 101 Å². The van der Waals surface area contributed by atoms with Gasteiger partial charge >= 0.3 is 6.03 Å². The lowest BCUT2D eigenvalue weighted by Gasteiger charge is -2.38. The van der Waals surface area contributed by atoms with Crippen molar-refractivity contribution in [2.45, 2.75) is 38.5 Å². The maximum atomic E-state index is 13.5. The van der Waals surface area contributed by atoms with Crippen molar-refractivity contribution in [1.82, 2.24) is 25.3 Å². The van der Waals surface area contributed by atoms with Gasteiger partial charge in [0.25, 0.3) is 0 Å². The number of carbonyl (C=O) groups excluding carboxylic acids is 2. The number of carbonyl (C=O) groups is 2. The van der Waals surface area contributed by atoms with Gasteiger partial charge in [-0.2, -0.15) is 4.98 Å². The highest BCUT2D eigenvalue weighted by atomic mass is 19.1. The Morgan fingerprint density at radius 3 is 2.62 bits per heavy atom. The quantitative estimate of drug-likeness (QED) is 0.732. The summed E-state index contributed by atoms with van der Waals surface area (Å²) in [5.74, 6) is 1.14. The molecule has 0 bridgehead atoms. The van der Waals surface area contributed by atoms with Crippen LogP contribution in [0.4, 0.5) is 9.18 Å². The van der Waals surface area contributed by atoms with Crippen molar-refractivity contribution in [2.24, 2.45) is 5.92 Å². The van der Waals surface area contributed by atoms with Gasteiger partial charge in [0.15, 0.2) is 5.82 Å². The number of aromatic nitrogens is 2. The number of halogens is 1. The highest BCUT2D eigenvalue weighted by molar-refractivity contribution is 5.77. The number of amides is 3. The minimum absolute atomic E-state index is 0.000805. The van der Waals surface area contributed by atoms with Gasteiger partial charge in [-0.05, 0) is 55.7 Å². The molecule has 1 unspecified atom stereocenters. The number of hydrogen-bond acceptors (Lipinski definition) is 6. The van der Waals surface area contributed by atoms with Gasteiger partial charge in [-0.25, -0.2) is 9.18 Å². The summed E-state index contributed by atoms with van der Waals surface area (Å²) in [4.78, 5) is 32.9. The van der Waals surface area contributed by atoms with Crippen molar-refractivity contribution in [3.63, 3.8) is 0 Å². The van der Waals surface area contributed by atoms with E-state index in [0.29, 0.717) is 69.8 Å². The van der Waals surface area contributed by atoms with Crippen LogP contribution in [0.25, 0.3) is 0 Å². The maximum absolute atomic E-state index is 13.5. The number of nitrogens with one attached hydrogen (secondary N) is 1. The van der Waals surface area contributed by atoms with Crippen molar-refractivity contribution in [1.29, 1.82) is 0 Å². The van der Waals surface area contributed by atoms with Crippen LogP contribution >= 0.6 is 0 Å². The molecule has 2 saturated heterocycles. The Bertz CT molecular complexity index is 959. The van der Waals surface area contributed by atoms with Crippen LogP contribution in [-0.4, -0.2) is 77.8 Å². The highest BCUT2D eigenvalue weighted by Gasteiger charge is 2.32. The van der Waals surface area contributed by atoms with Crippen LogP contribution in [0, 0.1) is 18.7 Å². The monoisotopic (exact) mass is 473 g/mol. The van der Waals surface area contributed by atoms with Crippen LogP contribution in [-0.2, 0) is 16.0 Å². The molecule has 1 aromatic heterocycles. The van der Waals surface area contributed by atoms with E-state index in [1.54, 1.807) is 11.8 Å². The first-order valence-electron chi connectivity index (χ1n) is 11.9. The molecule has 1 atom stereocenters. The molecule has 0 radical (unpaired) electrons. The van der Waals surface area contributed by atoms with Crippen LogP contribution in [0.1, 0.15) is 42.5 Å². The van der Waals surface area contributed by atoms with Crippen LogP contribution in [0.5, 0.6) is 0 Å². The summed E-state index contributed by atoms with van der Waals surface area (Å²) < 4.78 is 24.2. The van der Waals surface area contributed by atoms with Crippen LogP contribution in [0.2, 0.25) is 0 Å². The van der Waals surface area contributed by atoms with E-state index >= 15 is 0 Å². The highest BCUT2D eigenvalue weighted by Crippen LogP contribution is 2.35. The van der Waals surface area contributed by atoms with Crippen molar-refractivity contribution >= 4 is 11.9 Å². The third kappa shape index (κ3) is 6.31. The standard InChI is InChI=1S/C24H32FN5O4/c1-17-27-23(34-28-17)15-21(18-3-5-20(25)6-4-18)19-7-11-30(12-8-19)24(32)29-10-2-14-33-16-22(31)26-9-13-29/h3-6,19,21H,2,7-16H2,1H3,(H,26,31). The fourth-order valence-electron chi connectivity index (χ4n) is 4.78. The lowest BCUT2D eigenvalue weighted by Crippen LogP contribution is -2.50. The summed E-state index contributed by atoms with van der Waals surface area (Å²) in [6.45, 7) is 5.10. The van der Waals surface area contributed by atoms with E-state index in [2.05, 4.69) is 15.5 Å². The van der Waals surface area contributed by atoms with E-state index in [9.17, 15) is 14.0 Å². The van der Waals surface area contributed by atoms with E-state index in [0.717, 1.165) is 18.4 Å². The molecule has 2 aromatic rings. The number of hydrogen-bond donors (Lipinski definition) is 1. The minimum Gasteiger partial charge on any atom is -0.372 e. The minimum atomic E-state index is -0.266. The zero-order valence-corrected chi connectivity index (χ0v) is 19.5. The Morgan fingerprint density at radius 2 is 1.91 bits per heavy atom. The Labute approximate surface area is 198 Å². The number of piperidine rings is 1. The first kappa shape index (κ1) is 24.1. The van der Waals surface area contributed by atoms with Crippen molar-refractivity contribution in [3.8, 4) is 0 Å². The van der Waals surface area contributed by atoms with Gasteiger partial charge in [0.05, 0.1) is 0 Å². The Kier molecular flexibility index (Phi) is 8.10. The van der Waals surface area contributed by atoms with Crippen LogP contribution in [0.3, 0.4) is 0 Å². The van der Waals surface area contributed by atoms with Gasteiger partial charge in [0.2, 0.25) is 11.8 Å². The van der Waals surface area contributed by atoms with Gasteiger partial charge in [-0.1, -0.05) is 17.3 Å². The van der Waals surface area contributed by atoms with E-state index in [1.165, 1.54) is 12.1 Å². The first-order valence-corrected chi connectivity index (χ1v) is 11.9. The number of nitrogens with zero attached hydrogens (tertiary/aromatic N) is 4. The predicted molar refractivity (Wildman–Crippen MR) is 122 cm³/mol. The number of rotatable bonds is 4. The molecule has 0 aliphatic carbocycles. The van der Waals surface area contributed by atoms with Gasteiger partial charge in [-0.3, -0.25) is 4.79 Å². The number of aryl methyl sites for hydroxylation is 1. The summed E-state index contributed by atoms with van der Waals surface area (Å²) >= 11 is 0. The lowest BCUT2D eigenvalue weighted by molar-refractivity contribution is -0.126. The van der Waals surface area contributed by atoms with E-state index in [4.69, 9.17) is 9.26 Å². The second-order valence-electron chi connectivity index (χ2n) is 8.95. The SMILES string of the molecule is Cc1noc(CC(c2ccc(F)cc2)C2CCN(C(=O)N3CCCOCC(=O)NCC3)CC2)n1. The molecule has 10 heteroatoms.